The van der Waals surface area contributed by atoms with Crippen molar-refractivity contribution in [1.29, 1.82) is 0 Å². The summed E-state index contributed by atoms with van der Waals surface area (Å²) in [7, 11) is 0. The van der Waals surface area contributed by atoms with E-state index < -0.39 is 0 Å². The maximum absolute atomic E-state index is 10.8. The Morgan fingerprint density at radius 3 is 2.46 bits per heavy atom. The summed E-state index contributed by atoms with van der Waals surface area (Å²) in [5.41, 5.74) is 0.0322. The van der Waals surface area contributed by atoms with Crippen LogP contribution < -0.4 is 11.0 Å². The van der Waals surface area contributed by atoms with Crippen LogP contribution in [0.1, 0.15) is 34.1 Å². The Morgan fingerprint density at radius 1 is 1.54 bits per heavy atom. The lowest BCUT2D eigenvalue weighted by atomic mass is 9.87. The molecule has 13 heavy (non-hydrogen) atoms. The fourth-order valence-electron chi connectivity index (χ4n) is 1.37. The van der Waals surface area contributed by atoms with E-state index in [0.29, 0.717) is 13.2 Å². The summed E-state index contributed by atoms with van der Waals surface area (Å²) in [5.74, 6) is 5.19. The molecule has 0 aliphatic carbocycles. The van der Waals surface area contributed by atoms with Crippen LogP contribution in [-0.4, -0.2) is 19.3 Å². The Kier molecular flexibility index (Phi) is 5.48. The van der Waals surface area contributed by atoms with Gasteiger partial charge in [0.05, 0.1) is 6.61 Å². The Hall–Kier alpha value is -0.160. The first-order chi connectivity index (χ1) is 5.89. The van der Waals surface area contributed by atoms with Crippen LogP contribution in [0.25, 0.3) is 0 Å². The lowest BCUT2D eigenvalue weighted by Gasteiger charge is -2.31. The van der Waals surface area contributed by atoms with E-state index in [9.17, 15) is 5.21 Å². The van der Waals surface area contributed by atoms with Gasteiger partial charge in [0.15, 0.2) is 0 Å². The van der Waals surface area contributed by atoms with E-state index in [1.165, 1.54) is 0 Å². The van der Waals surface area contributed by atoms with Crippen molar-refractivity contribution in [2.75, 3.05) is 13.2 Å². The second kappa shape index (κ2) is 5.54. The molecule has 0 radical (unpaired) electrons. The topological polar surface area (TPSA) is 62.8 Å². The fraction of sp³-hybridized carbons (Fsp3) is 1.00. The first-order valence-electron chi connectivity index (χ1n) is 4.76. The van der Waals surface area contributed by atoms with Gasteiger partial charge in [-0.25, -0.2) is 0 Å². The van der Waals surface area contributed by atoms with Crippen LogP contribution in [0.15, 0.2) is 0 Å². The molecule has 0 aromatic heterocycles. The summed E-state index contributed by atoms with van der Waals surface area (Å²) < 4.78 is 5.33. The van der Waals surface area contributed by atoms with Gasteiger partial charge in [-0.3, -0.25) is 5.17 Å². The van der Waals surface area contributed by atoms with Crippen molar-refractivity contribution in [3.05, 3.63) is 5.21 Å². The van der Waals surface area contributed by atoms with Gasteiger partial charge in [0, 0.05) is 13.0 Å². The zero-order valence-corrected chi connectivity index (χ0v) is 9.09. The summed E-state index contributed by atoms with van der Waals surface area (Å²) in [5, 5.41) is 10.6. The molecule has 0 heterocycles. The van der Waals surface area contributed by atoms with Crippen molar-refractivity contribution < 1.29 is 9.91 Å². The maximum Gasteiger partial charge on any atom is 0.102 e. The van der Waals surface area contributed by atoms with Crippen LogP contribution in [0.5, 0.6) is 0 Å². The number of quaternary nitrogens is 1. The fourth-order valence-corrected chi connectivity index (χ4v) is 1.37. The van der Waals surface area contributed by atoms with Gasteiger partial charge in [0.2, 0.25) is 0 Å². The molecular weight excluding hydrogens is 168 g/mol. The Balaban J connectivity index is 3.86. The number of nitrogens with two attached hydrogens (primary N) is 1. The van der Waals surface area contributed by atoms with Gasteiger partial charge in [-0.2, -0.15) is 5.84 Å². The van der Waals surface area contributed by atoms with Gasteiger partial charge in [-0.05, 0) is 19.3 Å². The minimum Gasteiger partial charge on any atom is -0.613 e. The largest absolute Gasteiger partial charge is 0.613 e. The van der Waals surface area contributed by atoms with Crippen LogP contribution in [0.3, 0.4) is 0 Å². The minimum absolute atomic E-state index is 0.0322. The van der Waals surface area contributed by atoms with Crippen molar-refractivity contribution in [2.45, 2.75) is 40.2 Å². The molecule has 0 saturated carbocycles. The summed E-state index contributed by atoms with van der Waals surface area (Å²) >= 11 is 0. The standard InChI is InChI=1S/C9H22N2O2/c1-5-13-7-9(3,4)6-8(2)11(10)12/h8,11H,5-7,10H2,1-4H3. The van der Waals surface area contributed by atoms with E-state index in [2.05, 4.69) is 13.8 Å². The van der Waals surface area contributed by atoms with Crippen LogP contribution in [0, 0.1) is 10.6 Å². The number of nitrogens with one attached hydrogen (secondary N) is 1. The summed E-state index contributed by atoms with van der Waals surface area (Å²) in [6.45, 7) is 9.39. The molecular formula is C9H22N2O2. The second-order valence-electron chi connectivity index (χ2n) is 4.31. The zero-order valence-electron chi connectivity index (χ0n) is 9.09. The Morgan fingerprint density at radius 2 is 2.08 bits per heavy atom. The monoisotopic (exact) mass is 190 g/mol. The van der Waals surface area contributed by atoms with E-state index in [-0.39, 0.29) is 16.6 Å². The van der Waals surface area contributed by atoms with Gasteiger partial charge < -0.3 is 9.94 Å². The molecule has 4 heteroatoms. The van der Waals surface area contributed by atoms with E-state index in [1.54, 1.807) is 0 Å². The molecule has 2 unspecified atom stereocenters. The third kappa shape index (κ3) is 5.99. The maximum atomic E-state index is 10.8. The van der Waals surface area contributed by atoms with Crippen molar-refractivity contribution in [1.82, 2.24) is 0 Å². The number of hydrogen-bond donors (Lipinski definition) is 2. The summed E-state index contributed by atoms with van der Waals surface area (Å²) in [4.78, 5) is 0. The molecule has 0 aromatic carbocycles. The highest BCUT2D eigenvalue weighted by atomic mass is 16.5. The number of ether oxygens (including phenoxy) is 1. The molecule has 4 nitrogen and oxygen atoms in total. The number of hydroxylamine groups is 1. The van der Waals surface area contributed by atoms with Gasteiger partial charge in [-0.1, -0.05) is 13.8 Å². The van der Waals surface area contributed by atoms with Gasteiger partial charge >= 0.3 is 0 Å². The normalized spacial score (nSPS) is 17.1. The van der Waals surface area contributed by atoms with E-state index in [0.717, 1.165) is 6.42 Å². The number of rotatable bonds is 6. The second-order valence-corrected chi connectivity index (χ2v) is 4.31. The predicted molar refractivity (Wildman–Crippen MR) is 52.9 cm³/mol. The van der Waals surface area contributed by atoms with E-state index in [1.807, 2.05) is 13.8 Å². The Bertz CT molecular complexity index is 138. The lowest BCUT2D eigenvalue weighted by Crippen LogP contribution is -3.16. The SMILES string of the molecule is CCOCC(C)(C)CC(C)[NH+](N)[O-]. The van der Waals surface area contributed by atoms with Crippen molar-refractivity contribution >= 4 is 0 Å². The van der Waals surface area contributed by atoms with E-state index in [4.69, 9.17) is 10.6 Å². The molecule has 0 fully saturated rings. The molecule has 0 bridgehead atoms. The van der Waals surface area contributed by atoms with Crippen molar-refractivity contribution in [2.24, 2.45) is 11.3 Å². The number of hydrogen-bond acceptors (Lipinski definition) is 3. The highest BCUT2D eigenvalue weighted by Gasteiger charge is 2.23. The minimum atomic E-state index is -0.232. The Labute approximate surface area is 80.6 Å². The van der Waals surface area contributed by atoms with Crippen molar-refractivity contribution in [3.63, 3.8) is 0 Å². The lowest BCUT2D eigenvalue weighted by molar-refractivity contribution is -0.887. The third-order valence-corrected chi connectivity index (χ3v) is 2.04. The van der Waals surface area contributed by atoms with Gasteiger partial charge in [0.25, 0.3) is 0 Å². The highest BCUT2D eigenvalue weighted by molar-refractivity contribution is 4.70. The third-order valence-electron chi connectivity index (χ3n) is 2.04. The van der Waals surface area contributed by atoms with E-state index >= 15 is 0 Å². The molecule has 0 aliphatic heterocycles. The highest BCUT2D eigenvalue weighted by Crippen LogP contribution is 2.21. The molecule has 0 aromatic rings. The molecule has 2 atom stereocenters. The molecule has 0 saturated heterocycles. The first kappa shape index (κ1) is 12.8. The predicted octanol–water partition coefficient (Wildman–Crippen LogP) is 0.0841. The summed E-state index contributed by atoms with van der Waals surface area (Å²) in [6, 6.07) is -0.0737. The molecule has 0 aliphatic rings. The zero-order chi connectivity index (χ0) is 10.5. The van der Waals surface area contributed by atoms with Crippen LogP contribution >= 0.6 is 0 Å². The molecule has 0 amide bonds. The first-order valence-corrected chi connectivity index (χ1v) is 4.76. The van der Waals surface area contributed by atoms with Gasteiger partial charge in [0.1, 0.15) is 6.04 Å². The molecule has 0 spiro atoms. The molecule has 0 rings (SSSR count). The van der Waals surface area contributed by atoms with Crippen LogP contribution in [-0.2, 0) is 4.74 Å². The average Bonchev–Trinajstić information content (AvgIpc) is 2.00. The smallest absolute Gasteiger partial charge is 0.102 e. The van der Waals surface area contributed by atoms with Crippen molar-refractivity contribution in [3.8, 4) is 0 Å². The molecule has 3 N–H and O–H groups in total. The van der Waals surface area contributed by atoms with Gasteiger partial charge in [-0.15, -0.1) is 0 Å². The molecule has 80 valence electrons. The summed E-state index contributed by atoms with van der Waals surface area (Å²) in [6.07, 6.45) is 0.780. The van der Waals surface area contributed by atoms with Crippen LogP contribution in [0.4, 0.5) is 0 Å². The quantitative estimate of drug-likeness (QED) is 0.461. The van der Waals surface area contributed by atoms with Crippen LogP contribution in [0.2, 0.25) is 0 Å². The average molecular weight is 190 g/mol.